The molecule has 0 aliphatic rings. The first-order valence-corrected chi connectivity index (χ1v) is 5.64. The van der Waals surface area contributed by atoms with Gasteiger partial charge in [-0.1, -0.05) is 24.3 Å². The molecule has 0 spiro atoms. The molecule has 0 aromatic heterocycles. The summed E-state index contributed by atoms with van der Waals surface area (Å²) in [6, 6.07) is 7.93. The van der Waals surface area contributed by atoms with Gasteiger partial charge in [0.2, 0.25) is 0 Å². The molecule has 0 aliphatic heterocycles. The van der Waals surface area contributed by atoms with Crippen LogP contribution >= 0.6 is 0 Å². The highest BCUT2D eigenvalue weighted by Crippen LogP contribution is 2.08. The summed E-state index contributed by atoms with van der Waals surface area (Å²) in [5.41, 5.74) is 7.73. The molecule has 1 atom stereocenters. The summed E-state index contributed by atoms with van der Waals surface area (Å²) in [5.74, 6) is -0.0225. The van der Waals surface area contributed by atoms with Gasteiger partial charge < -0.3 is 15.4 Å². The molecule has 1 rings (SSSR count). The molecule has 2 N–H and O–H groups in total. The first-order chi connectivity index (χ1) is 8.08. The quantitative estimate of drug-likeness (QED) is 0.834. The van der Waals surface area contributed by atoms with Crippen molar-refractivity contribution in [1.82, 2.24) is 4.90 Å². The van der Waals surface area contributed by atoms with Gasteiger partial charge in [0.15, 0.2) is 0 Å². The lowest BCUT2D eigenvalue weighted by Crippen LogP contribution is -2.35. The molecule has 1 aromatic rings. The van der Waals surface area contributed by atoms with Crippen molar-refractivity contribution in [2.45, 2.75) is 26.1 Å². The molecule has 0 bridgehead atoms. The molecule has 1 unspecified atom stereocenters. The van der Waals surface area contributed by atoms with E-state index < -0.39 is 6.10 Å². The van der Waals surface area contributed by atoms with Crippen LogP contribution in [0.3, 0.4) is 0 Å². The molecule has 0 saturated carbocycles. The summed E-state index contributed by atoms with van der Waals surface area (Å²) in [4.78, 5) is 13.5. The summed E-state index contributed by atoms with van der Waals surface area (Å²) in [5, 5.41) is 0. The Bertz CT molecular complexity index is 379. The van der Waals surface area contributed by atoms with E-state index in [0.29, 0.717) is 13.1 Å². The Morgan fingerprint density at radius 3 is 2.71 bits per heavy atom. The minimum Gasteiger partial charge on any atom is -0.372 e. The molecule has 0 aliphatic carbocycles. The lowest BCUT2D eigenvalue weighted by Gasteiger charge is -2.20. The molecule has 4 nitrogen and oxygen atoms in total. The fourth-order valence-electron chi connectivity index (χ4n) is 1.62. The van der Waals surface area contributed by atoms with Crippen molar-refractivity contribution in [3.63, 3.8) is 0 Å². The maximum atomic E-state index is 11.8. The van der Waals surface area contributed by atoms with Crippen LogP contribution in [0, 0.1) is 0 Å². The Morgan fingerprint density at radius 1 is 1.47 bits per heavy atom. The number of rotatable bonds is 5. The van der Waals surface area contributed by atoms with Gasteiger partial charge in [0.05, 0.1) is 0 Å². The first kappa shape index (κ1) is 13.7. The van der Waals surface area contributed by atoms with Crippen LogP contribution in [0.5, 0.6) is 0 Å². The van der Waals surface area contributed by atoms with Crippen molar-refractivity contribution in [1.29, 1.82) is 0 Å². The highest BCUT2D eigenvalue weighted by Gasteiger charge is 2.16. The second kappa shape index (κ2) is 6.37. The molecule has 0 fully saturated rings. The number of likely N-dealkylation sites (N-methyl/N-ethyl adjacent to an activating group) is 1. The highest BCUT2D eigenvalue weighted by atomic mass is 16.5. The maximum absolute atomic E-state index is 11.8. The number of benzene rings is 1. The van der Waals surface area contributed by atoms with Crippen LogP contribution in [0.25, 0.3) is 0 Å². The van der Waals surface area contributed by atoms with E-state index in [-0.39, 0.29) is 5.91 Å². The van der Waals surface area contributed by atoms with E-state index >= 15 is 0 Å². The Morgan fingerprint density at radius 2 is 2.12 bits per heavy atom. The van der Waals surface area contributed by atoms with Gasteiger partial charge in [-0.05, 0) is 18.1 Å². The number of ether oxygens (including phenoxy) is 1. The predicted octanol–water partition coefficient (Wildman–Crippen LogP) is 1.14. The van der Waals surface area contributed by atoms with E-state index in [2.05, 4.69) is 0 Å². The van der Waals surface area contributed by atoms with Crippen molar-refractivity contribution >= 4 is 5.91 Å². The second-order valence-corrected chi connectivity index (χ2v) is 4.10. The van der Waals surface area contributed by atoms with E-state index in [1.807, 2.05) is 24.3 Å². The highest BCUT2D eigenvalue weighted by molar-refractivity contribution is 5.80. The number of carbonyl (C=O) groups is 1. The fourth-order valence-corrected chi connectivity index (χ4v) is 1.62. The summed E-state index contributed by atoms with van der Waals surface area (Å²) in [7, 11) is 3.30. The third kappa shape index (κ3) is 3.84. The number of methoxy groups -OCH3 is 1. The van der Waals surface area contributed by atoms with E-state index in [0.717, 1.165) is 11.1 Å². The van der Waals surface area contributed by atoms with Gasteiger partial charge in [-0.15, -0.1) is 0 Å². The van der Waals surface area contributed by atoms with E-state index in [9.17, 15) is 4.79 Å². The Balaban J connectivity index is 2.67. The van der Waals surface area contributed by atoms with Crippen LogP contribution in [0.1, 0.15) is 18.1 Å². The lowest BCUT2D eigenvalue weighted by atomic mass is 10.1. The average Bonchev–Trinajstić information content (AvgIpc) is 2.37. The third-order valence-electron chi connectivity index (χ3n) is 2.72. The lowest BCUT2D eigenvalue weighted by molar-refractivity contribution is -0.140. The molecule has 1 aromatic carbocycles. The summed E-state index contributed by atoms with van der Waals surface area (Å²) < 4.78 is 5.00. The van der Waals surface area contributed by atoms with Crippen molar-refractivity contribution in [2.75, 3.05) is 14.2 Å². The molecular formula is C13H20N2O2. The normalized spacial score (nSPS) is 12.2. The van der Waals surface area contributed by atoms with Gasteiger partial charge in [0.25, 0.3) is 5.91 Å². The van der Waals surface area contributed by atoms with E-state index in [1.165, 1.54) is 7.11 Å². The standard InChI is InChI=1S/C13H20N2O2/c1-10(17-3)13(16)15(2)9-12-6-4-5-11(7-12)8-14/h4-7,10H,8-9,14H2,1-3H3. The van der Waals surface area contributed by atoms with E-state index in [1.54, 1.807) is 18.9 Å². The second-order valence-electron chi connectivity index (χ2n) is 4.10. The maximum Gasteiger partial charge on any atom is 0.251 e. The zero-order valence-corrected chi connectivity index (χ0v) is 10.6. The summed E-state index contributed by atoms with van der Waals surface area (Å²) in [6.07, 6.45) is -0.405. The fraction of sp³-hybridized carbons (Fsp3) is 0.462. The SMILES string of the molecule is COC(C)C(=O)N(C)Cc1cccc(CN)c1. The Labute approximate surface area is 102 Å². The van der Waals surface area contributed by atoms with Gasteiger partial charge in [0, 0.05) is 27.2 Å². The van der Waals surface area contributed by atoms with Crippen LogP contribution in [0.15, 0.2) is 24.3 Å². The number of carbonyl (C=O) groups excluding carboxylic acids is 1. The van der Waals surface area contributed by atoms with Crippen molar-refractivity contribution in [3.05, 3.63) is 35.4 Å². The molecule has 17 heavy (non-hydrogen) atoms. The van der Waals surface area contributed by atoms with Gasteiger partial charge in [-0.3, -0.25) is 4.79 Å². The minimum atomic E-state index is -0.405. The van der Waals surface area contributed by atoms with Crippen LogP contribution < -0.4 is 5.73 Å². The smallest absolute Gasteiger partial charge is 0.251 e. The zero-order chi connectivity index (χ0) is 12.8. The molecule has 0 radical (unpaired) electrons. The molecule has 4 heteroatoms. The van der Waals surface area contributed by atoms with Gasteiger partial charge in [0.1, 0.15) is 6.10 Å². The molecule has 1 amide bonds. The zero-order valence-electron chi connectivity index (χ0n) is 10.6. The topological polar surface area (TPSA) is 55.6 Å². The van der Waals surface area contributed by atoms with E-state index in [4.69, 9.17) is 10.5 Å². The first-order valence-electron chi connectivity index (χ1n) is 5.64. The number of amides is 1. The number of nitrogens with zero attached hydrogens (tertiary/aromatic N) is 1. The Kier molecular flexibility index (Phi) is 5.12. The molecule has 0 heterocycles. The van der Waals surface area contributed by atoms with Gasteiger partial charge in [-0.25, -0.2) is 0 Å². The van der Waals surface area contributed by atoms with Crippen LogP contribution in [0.4, 0.5) is 0 Å². The summed E-state index contributed by atoms with van der Waals surface area (Å²) in [6.45, 7) is 2.83. The Hall–Kier alpha value is -1.39. The molecule has 0 saturated heterocycles. The average molecular weight is 236 g/mol. The van der Waals surface area contributed by atoms with Crippen molar-refractivity contribution in [3.8, 4) is 0 Å². The number of hydrogen-bond donors (Lipinski definition) is 1. The van der Waals surface area contributed by atoms with Gasteiger partial charge >= 0.3 is 0 Å². The predicted molar refractivity (Wildman–Crippen MR) is 67.3 cm³/mol. The minimum absolute atomic E-state index is 0.0225. The molecule has 94 valence electrons. The number of nitrogens with two attached hydrogens (primary N) is 1. The van der Waals surface area contributed by atoms with Crippen LogP contribution in [-0.2, 0) is 22.6 Å². The monoisotopic (exact) mass is 236 g/mol. The van der Waals surface area contributed by atoms with Crippen LogP contribution in [-0.4, -0.2) is 31.1 Å². The number of hydrogen-bond acceptors (Lipinski definition) is 3. The third-order valence-corrected chi connectivity index (χ3v) is 2.72. The van der Waals surface area contributed by atoms with Gasteiger partial charge in [-0.2, -0.15) is 0 Å². The van der Waals surface area contributed by atoms with Crippen molar-refractivity contribution < 1.29 is 9.53 Å². The van der Waals surface area contributed by atoms with Crippen LogP contribution in [0.2, 0.25) is 0 Å². The largest absolute Gasteiger partial charge is 0.372 e. The molecular weight excluding hydrogens is 216 g/mol. The summed E-state index contributed by atoms with van der Waals surface area (Å²) >= 11 is 0. The van der Waals surface area contributed by atoms with Crippen molar-refractivity contribution in [2.24, 2.45) is 5.73 Å².